The van der Waals surface area contributed by atoms with Gasteiger partial charge < -0.3 is 9.17 Å². The van der Waals surface area contributed by atoms with Crippen molar-refractivity contribution in [2.24, 2.45) is 0 Å². The van der Waals surface area contributed by atoms with Crippen LogP contribution in [-0.2, 0) is 0 Å². The van der Waals surface area contributed by atoms with Gasteiger partial charge in [-0.05, 0) is 29.8 Å². The molecule has 0 spiro atoms. The van der Waals surface area contributed by atoms with Gasteiger partial charge in [-0.15, -0.1) is 0 Å². The lowest BCUT2D eigenvalue weighted by Crippen LogP contribution is -2.06. The van der Waals surface area contributed by atoms with Crippen molar-refractivity contribution in [3.63, 3.8) is 0 Å². The van der Waals surface area contributed by atoms with Crippen LogP contribution in [0.25, 0.3) is 22.0 Å². The predicted molar refractivity (Wildman–Crippen MR) is 91.8 cm³/mol. The summed E-state index contributed by atoms with van der Waals surface area (Å²) in [7, 11) is 0. The minimum absolute atomic E-state index is 0.0155. The monoisotopic (exact) mass is 361 g/mol. The molecule has 0 fully saturated rings. The van der Waals surface area contributed by atoms with Crippen LogP contribution in [0.2, 0.25) is 0 Å². The second-order valence-corrected chi connectivity index (χ2v) is 5.91. The summed E-state index contributed by atoms with van der Waals surface area (Å²) in [6.07, 6.45) is 3.60. The molecule has 0 aliphatic heterocycles. The molecule has 0 saturated carbocycles. The van der Waals surface area contributed by atoms with Gasteiger partial charge in [0.1, 0.15) is 5.75 Å². The van der Waals surface area contributed by atoms with Crippen LogP contribution in [0.5, 0.6) is 5.75 Å². The minimum Gasteiger partial charge on any atom is -0.426 e. The molecular formula is C16H12BrNO2S. The quantitative estimate of drug-likeness (QED) is 0.692. The molecule has 0 atom stereocenters. The number of benzene rings is 2. The lowest BCUT2D eigenvalue weighted by atomic mass is 10.0. The van der Waals surface area contributed by atoms with E-state index in [4.69, 9.17) is 4.18 Å². The molecule has 0 aliphatic rings. The Morgan fingerprint density at radius 2 is 1.90 bits per heavy atom. The van der Waals surface area contributed by atoms with Crippen molar-refractivity contribution >= 4 is 38.9 Å². The maximum absolute atomic E-state index is 12.6. The highest BCUT2D eigenvalue weighted by Gasteiger charge is 2.08. The van der Waals surface area contributed by atoms with Gasteiger partial charge in [0, 0.05) is 33.9 Å². The molecule has 0 saturated heterocycles. The van der Waals surface area contributed by atoms with Gasteiger partial charge >= 0.3 is 0 Å². The van der Waals surface area contributed by atoms with E-state index in [0.29, 0.717) is 10.9 Å². The van der Waals surface area contributed by atoms with Crippen LogP contribution in [0, 0.1) is 0 Å². The number of rotatable bonds is 3. The Hall–Kier alpha value is -1.72. The first-order chi connectivity index (χ1) is 10.2. The summed E-state index contributed by atoms with van der Waals surface area (Å²) in [5.74, 6) is 0.724. The van der Waals surface area contributed by atoms with Crippen LogP contribution in [0.4, 0.5) is 0 Å². The van der Waals surface area contributed by atoms with E-state index < -0.39 is 0 Å². The lowest BCUT2D eigenvalue weighted by molar-refractivity contribution is 0.651. The van der Waals surface area contributed by atoms with E-state index in [0.717, 1.165) is 21.3 Å². The lowest BCUT2D eigenvalue weighted by Gasteiger charge is -2.06. The van der Waals surface area contributed by atoms with E-state index >= 15 is 0 Å². The van der Waals surface area contributed by atoms with Crippen molar-refractivity contribution in [2.75, 3.05) is 6.26 Å². The first-order valence-electron chi connectivity index (χ1n) is 6.31. The molecular weight excluding hydrogens is 350 g/mol. The fraction of sp³-hybridized carbons (Fsp3) is 0.0625. The first-order valence-corrected chi connectivity index (χ1v) is 8.25. The topological polar surface area (TPSA) is 42.1 Å². The molecule has 1 heterocycles. The van der Waals surface area contributed by atoms with Gasteiger partial charge in [0.15, 0.2) is 5.43 Å². The third-order valence-corrected chi connectivity index (χ3v) is 4.07. The fourth-order valence-electron chi connectivity index (χ4n) is 2.19. The Bertz CT molecular complexity index is 843. The number of hydrogen-bond donors (Lipinski definition) is 1. The largest absolute Gasteiger partial charge is 0.426 e. The molecule has 1 aromatic heterocycles. The van der Waals surface area contributed by atoms with E-state index in [1.165, 1.54) is 12.0 Å². The van der Waals surface area contributed by atoms with Gasteiger partial charge in [-0.2, -0.15) is 0 Å². The molecule has 0 unspecified atom stereocenters. The Balaban J connectivity index is 2.14. The number of H-pyrrole nitrogens is 1. The van der Waals surface area contributed by atoms with Crippen LogP contribution in [-0.4, -0.2) is 11.2 Å². The van der Waals surface area contributed by atoms with E-state index in [1.54, 1.807) is 18.3 Å². The zero-order valence-corrected chi connectivity index (χ0v) is 13.6. The number of aromatic amines is 1. The van der Waals surface area contributed by atoms with Crippen molar-refractivity contribution in [3.8, 4) is 16.9 Å². The van der Waals surface area contributed by atoms with Crippen molar-refractivity contribution in [2.45, 2.75) is 0 Å². The van der Waals surface area contributed by atoms with Gasteiger partial charge in [-0.3, -0.25) is 4.79 Å². The normalized spacial score (nSPS) is 10.8. The average Bonchev–Trinajstić information content (AvgIpc) is 2.49. The summed E-state index contributed by atoms with van der Waals surface area (Å²) >= 11 is 4.67. The van der Waals surface area contributed by atoms with Gasteiger partial charge in [0.25, 0.3) is 0 Å². The Morgan fingerprint density at radius 3 is 2.62 bits per heavy atom. The number of aromatic nitrogens is 1. The molecule has 3 nitrogen and oxygen atoms in total. The molecule has 0 amide bonds. The van der Waals surface area contributed by atoms with E-state index in [-0.39, 0.29) is 5.43 Å². The number of halogens is 1. The van der Waals surface area contributed by atoms with Gasteiger partial charge in [0.05, 0.1) is 17.6 Å². The van der Waals surface area contributed by atoms with Gasteiger partial charge in [-0.25, -0.2) is 0 Å². The summed E-state index contributed by atoms with van der Waals surface area (Å²) in [4.78, 5) is 15.8. The first kappa shape index (κ1) is 14.2. The van der Waals surface area contributed by atoms with Crippen molar-refractivity contribution in [1.82, 2.24) is 4.98 Å². The predicted octanol–water partition coefficient (Wildman–Crippen LogP) is 4.61. The summed E-state index contributed by atoms with van der Waals surface area (Å²) in [6.45, 7) is 0. The molecule has 106 valence electrons. The highest BCUT2D eigenvalue weighted by atomic mass is 79.9. The standard InChI is InChI=1S/C16H12BrNO2S/c1-21-20-12-6-7-13-15(8-12)18-9-14(16(13)19)10-2-4-11(17)5-3-10/h2-9H,1H3,(H,18,19). The third-order valence-electron chi connectivity index (χ3n) is 3.19. The number of nitrogens with one attached hydrogen (secondary N) is 1. The maximum Gasteiger partial charge on any atom is 0.197 e. The van der Waals surface area contributed by atoms with E-state index in [9.17, 15) is 4.79 Å². The SMILES string of the molecule is CSOc1ccc2c(=O)c(-c3ccc(Br)cc3)c[nH]c2c1. The van der Waals surface area contributed by atoms with Crippen LogP contribution in [0.3, 0.4) is 0 Å². The van der Waals surface area contributed by atoms with Crippen LogP contribution in [0.15, 0.2) is 57.9 Å². The molecule has 0 radical (unpaired) electrons. The average molecular weight is 362 g/mol. The molecule has 1 N–H and O–H groups in total. The van der Waals surface area contributed by atoms with Crippen molar-refractivity contribution in [3.05, 3.63) is 63.4 Å². The summed E-state index contributed by atoms with van der Waals surface area (Å²) in [5.41, 5.74) is 2.34. The van der Waals surface area contributed by atoms with Crippen LogP contribution in [0.1, 0.15) is 0 Å². The summed E-state index contributed by atoms with van der Waals surface area (Å²) in [5, 5.41) is 0.656. The molecule has 0 bridgehead atoms. The number of pyridine rings is 1. The number of fused-ring (bicyclic) bond motifs is 1. The van der Waals surface area contributed by atoms with E-state index in [2.05, 4.69) is 20.9 Å². The zero-order valence-electron chi connectivity index (χ0n) is 11.2. The zero-order chi connectivity index (χ0) is 14.8. The highest BCUT2D eigenvalue weighted by molar-refractivity contribution is 9.10. The smallest absolute Gasteiger partial charge is 0.197 e. The van der Waals surface area contributed by atoms with Gasteiger partial charge in [-0.1, -0.05) is 28.1 Å². The fourth-order valence-corrected chi connectivity index (χ4v) is 2.75. The minimum atomic E-state index is 0.0155. The van der Waals surface area contributed by atoms with Gasteiger partial charge in [0.2, 0.25) is 0 Å². The summed E-state index contributed by atoms with van der Waals surface area (Å²) < 4.78 is 6.36. The Kier molecular flexibility index (Phi) is 4.03. The Labute approximate surface area is 134 Å². The molecule has 3 aromatic rings. The highest BCUT2D eigenvalue weighted by Crippen LogP contribution is 2.23. The molecule has 5 heteroatoms. The second-order valence-electron chi connectivity index (χ2n) is 4.50. The third kappa shape index (κ3) is 2.84. The van der Waals surface area contributed by atoms with Crippen molar-refractivity contribution < 1.29 is 4.18 Å². The van der Waals surface area contributed by atoms with Crippen molar-refractivity contribution in [1.29, 1.82) is 0 Å². The second kappa shape index (κ2) is 5.95. The van der Waals surface area contributed by atoms with E-state index in [1.807, 2.05) is 36.6 Å². The number of hydrogen-bond acceptors (Lipinski definition) is 3. The van der Waals surface area contributed by atoms with Crippen LogP contribution < -0.4 is 9.61 Å². The molecule has 3 rings (SSSR count). The van der Waals surface area contributed by atoms with Crippen LogP contribution >= 0.6 is 28.0 Å². The molecule has 0 aliphatic carbocycles. The Morgan fingerprint density at radius 1 is 1.14 bits per heavy atom. The maximum atomic E-state index is 12.6. The summed E-state index contributed by atoms with van der Waals surface area (Å²) in [6, 6.07) is 13.1. The molecule has 21 heavy (non-hydrogen) atoms. The molecule has 2 aromatic carbocycles.